The van der Waals surface area contributed by atoms with Gasteiger partial charge >= 0.3 is 0 Å². The van der Waals surface area contributed by atoms with Crippen molar-refractivity contribution >= 4 is 27.1 Å². The fraction of sp³-hybridized carbons (Fsp3) is 0.217. The number of nitro benzene ring substituents is 1. The third-order valence-electron chi connectivity index (χ3n) is 5.16. The third-order valence-corrected chi connectivity index (χ3v) is 6.56. The van der Waals surface area contributed by atoms with Gasteiger partial charge < -0.3 is 15.0 Å². The van der Waals surface area contributed by atoms with Crippen molar-refractivity contribution in [1.82, 2.24) is 4.90 Å². The minimum absolute atomic E-state index is 0.163. The van der Waals surface area contributed by atoms with Gasteiger partial charge in [0.15, 0.2) is 0 Å². The summed E-state index contributed by atoms with van der Waals surface area (Å²) in [6.07, 6.45) is 0. The molecule has 2 N–H and O–H groups in total. The van der Waals surface area contributed by atoms with E-state index >= 15 is 0 Å². The summed E-state index contributed by atoms with van der Waals surface area (Å²) in [5.41, 5.74) is 0.667. The summed E-state index contributed by atoms with van der Waals surface area (Å²) in [7, 11) is 0.788. The zero-order chi connectivity index (χ0) is 24.9. The van der Waals surface area contributed by atoms with Gasteiger partial charge in [0.25, 0.3) is 15.7 Å². The quantitative estimate of drug-likeness (QED) is 0.324. The van der Waals surface area contributed by atoms with E-state index in [4.69, 9.17) is 4.74 Å². The van der Waals surface area contributed by atoms with Crippen molar-refractivity contribution in [2.45, 2.75) is 10.9 Å². The number of nitro groups is 1. The van der Waals surface area contributed by atoms with Crippen molar-refractivity contribution in [1.29, 1.82) is 0 Å². The molecular weight excluding hydrogens is 463 g/mol. The molecule has 0 aromatic heterocycles. The molecule has 1 atom stereocenters. The number of nitrogens with one attached hydrogen (secondary N) is 2. The third kappa shape index (κ3) is 5.80. The van der Waals surface area contributed by atoms with Crippen LogP contribution >= 0.6 is 0 Å². The molecule has 11 heteroatoms. The predicted octanol–water partition coefficient (Wildman–Crippen LogP) is 4.26. The first-order chi connectivity index (χ1) is 16.1. The lowest BCUT2D eigenvalue weighted by Crippen LogP contribution is -2.27. The first kappa shape index (κ1) is 24.9. The molecule has 0 amide bonds. The van der Waals surface area contributed by atoms with Crippen LogP contribution in [0.2, 0.25) is 0 Å². The van der Waals surface area contributed by atoms with Crippen LogP contribution in [0.1, 0.15) is 11.6 Å². The molecule has 0 fully saturated rings. The first-order valence-electron chi connectivity index (χ1n) is 10.2. The molecule has 0 radical (unpaired) electrons. The molecule has 180 valence electrons. The Morgan fingerprint density at radius 2 is 1.79 bits per heavy atom. The zero-order valence-electron chi connectivity index (χ0n) is 18.9. The van der Waals surface area contributed by atoms with Gasteiger partial charge in [-0.15, -0.1) is 0 Å². The molecule has 9 nitrogen and oxygen atoms in total. The van der Waals surface area contributed by atoms with E-state index in [1.54, 1.807) is 30.3 Å². The lowest BCUT2D eigenvalue weighted by Gasteiger charge is -2.26. The largest absolute Gasteiger partial charge is 0.495 e. The van der Waals surface area contributed by atoms with Crippen LogP contribution in [0.5, 0.6) is 5.75 Å². The molecule has 3 aromatic carbocycles. The Hall–Kier alpha value is -3.70. The Bertz CT molecular complexity index is 1280. The maximum atomic E-state index is 13.8. The fourth-order valence-corrected chi connectivity index (χ4v) is 4.71. The van der Waals surface area contributed by atoms with Crippen LogP contribution < -0.4 is 14.8 Å². The lowest BCUT2D eigenvalue weighted by molar-refractivity contribution is -0.385. The van der Waals surface area contributed by atoms with Gasteiger partial charge in [-0.05, 0) is 50.0 Å². The highest BCUT2D eigenvalue weighted by molar-refractivity contribution is 7.93. The van der Waals surface area contributed by atoms with Crippen LogP contribution in [-0.2, 0) is 10.0 Å². The van der Waals surface area contributed by atoms with Gasteiger partial charge in [-0.1, -0.05) is 24.3 Å². The second-order valence-electron chi connectivity index (χ2n) is 7.66. The summed E-state index contributed by atoms with van der Waals surface area (Å²) < 4.78 is 47.9. The van der Waals surface area contributed by atoms with E-state index in [0.717, 1.165) is 6.07 Å². The number of methoxy groups -OCH3 is 1. The highest BCUT2D eigenvalue weighted by Gasteiger charge is 2.25. The SMILES string of the molecule is COc1ccccc1NS(=O)(=O)c1cc([N+](=O)[O-])ccc1NCC(c1cccc(F)c1)N(C)C. The van der Waals surface area contributed by atoms with E-state index in [9.17, 15) is 22.9 Å². The van der Waals surface area contributed by atoms with Gasteiger partial charge in [0.1, 0.15) is 16.5 Å². The van der Waals surface area contributed by atoms with Gasteiger partial charge in [-0.3, -0.25) is 14.8 Å². The molecule has 34 heavy (non-hydrogen) atoms. The molecular formula is C23H25FN4O5S. The average molecular weight is 489 g/mol. The Kier molecular flexibility index (Phi) is 7.69. The molecule has 0 saturated carbocycles. The molecule has 0 aliphatic rings. The Balaban J connectivity index is 1.97. The summed E-state index contributed by atoms with van der Waals surface area (Å²) in [6.45, 7) is 0.214. The van der Waals surface area contributed by atoms with Crippen molar-refractivity contribution in [3.63, 3.8) is 0 Å². The summed E-state index contributed by atoms with van der Waals surface area (Å²) in [5.74, 6) is -0.0891. The standard InChI is InChI=1S/C23H25FN4O5S/c1-27(2)21(16-7-6-8-17(24)13-16)15-25-20-12-11-18(28(29)30)14-23(20)34(31,32)26-19-9-4-5-10-22(19)33-3/h4-14,21,25-26H,15H2,1-3H3. The monoisotopic (exact) mass is 488 g/mol. The maximum absolute atomic E-state index is 13.8. The number of hydrogen-bond acceptors (Lipinski definition) is 7. The normalized spacial score (nSPS) is 12.3. The number of ether oxygens (including phenoxy) is 1. The molecule has 1 unspecified atom stereocenters. The second-order valence-corrected chi connectivity index (χ2v) is 9.31. The minimum Gasteiger partial charge on any atom is -0.495 e. The van der Waals surface area contributed by atoms with Crippen molar-refractivity contribution in [2.24, 2.45) is 0 Å². The molecule has 0 saturated heterocycles. The van der Waals surface area contributed by atoms with Crippen LogP contribution in [0.3, 0.4) is 0 Å². The lowest BCUT2D eigenvalue weighted by atomic mass is 10.1. The molecule has 0 spiro atoms. The van der Waals surface area contributed by atoms with E-state index in [1.165, 1.54) is 37.4 Å². The van der Waals surface area contributed by atoms with Crippen LogP contribution in [0.15, 0.2) is 71.6 Å². The van der Waals surface area contributed by atoms with Crippen LogP contribution in [0.25, 0.3) is 0 Å². The second kappa shape index (κ2) is 10.5. The van der Waals surface area contributed by atoms with E-state index in [0.29, 0.717) is 11.3 Å². The number of nitrogens with zero attached hydrogens (tertiary/aromatic N) is 2. The maximum Gasteiger partial charge on any atom is 0.270 e. The molecule has 3 aromatic rings. The van der Waals surface area contributed by atoms with Gasteiger partial charge in [0.05, 0.1) is 29.4 Å². The molecule has 3 rings (SSSR count). The Morgan fingerprint density at radius 1 is 1.06 bits per heavy atom. The number of halogens is 1. The molecule has 0 bridgehead atoms. The predicted molar refractivity (Wildman–Crippen MR) is 128 cm³/mol. The smallest absolute Gasteiger partial charge is 0.270 e. The molecule has 0 aliphatic carbocycles. The fourth-order valence-electron chi connectivity index (χ4n) is 3.44. The molecule has 0 heterocycles. The van der Waals surface area contributed by atoms with Crippen molar-refractivity contribution in [3.8, 4) is 5.75 Å². The number of benzene rings is 3. The van der Waals surface area contributed by atoms with E-state index in [1.807, 2.05) is 19.0 Å². The minimum atomic E-state index is -4.24. The first-order valence-corrected chi connectivity index (χ1v) is 11.7. The number of likely N-dealkylation sites (N-methyl/N-ethyl adjacent to an activating group) is 1. The topological polar surface area (TPSA) is 114 Å². The zero-order valence-corrected chi connectivity index (χ0v) is 19.7. The summed E-state index contributed by atoms with van der Waals surface area (Å²) >= 11 is 0. The van der Waals surface area contributed by atoms with Crippen molar-refractivity contribution < 1.29 is 22.5 Å². The summed E-state index contributed by atoms with van der Waals surface area (Å²) in [6, 6.07) is 15.8. The van der Waals surface area contributed by atoms with Crippen molar-refractivity contribution in [3.05, 3.63) is 88.2 Å². The molecule has 0 aliphatic heterocycles. The number of para-hydroxylation sites is 2. The number of rotatable bonds is 10. The number of anilines is 2. The van der Waals surface area contributed by atoms with E-state index < -0.39 is 14.9 Å². The van der Waals surface area contributed by atoms with Gasteiger partial charge in [0, 0.05) is 18.7 Å². The number of non-ortho nitro benzene ring substituents is 1. The summed E-state index contributed by atoms with van der Waals surface area (Å²) in [5, 5.41) is 14.4. The van der Waals surface area contributed by atoms with Gasteiger partial charge in [0.2, 0.25) is 0 Å². The van der Waals surface area contributed by atoms with E-state index in [-0.39, 0.29) is 40.4 Å². The summed E-state index contributed by atoms with van der Waals surface area (Å²) in [4.78, 5) is 12.2. The van der Waals surface area contributed by atoms with Crippen LogP contribution in [0.4, 0.5) is 21.5 Å². The van der Waals surface area contributed by atoms with Crippen LogP contribution in [0, 0.1) is 15.9 Å². The average Bonchev–Trinajstić information content (AvgIpc) is 2.79. The highest BCUT2D eigenvalue weighted by Crippen LogP contribution is 2.32. The van der Waals surface area contributed by atoms with Gasteiger partial charge in [-0.25, -0.2) is 12.8 Å². The number of sulfonamides is 1. The van der Waals surface area contributed by atoms with Crippen molar-refractivity contribution in [2.75, 3.05) is 37.8 Å². The Morgan fingerprint density at radius 3 is 2.44 bits per heavy atom. The Labute approximate surface area is 197 Å². The van der Waals surface area contributed by atoms with Gasteiger partial charge in [-0.2, -0.15) is 0 Å². The van der Waals surface area contributed by atoms with E-state index in [2.05, 4.69) is 10.0 Å². The number of hydrogen-bond donors (Lipinski definition) is 2. The highest BCUT2D eigenvalue weighted by atomic mass is 32.2. The van der Waals surface area contributed by atoms with Crippen LogP contribution in [-0.4, -0.2) is 46.0 Å².